The van der Waals surface area contributed by atoms with E-state index >= 15 is 0 Å². The molecule has 6 heterocycles. The lowest BCUT2D eigenvalue weighted by Crippen LogP contribution is -2.38. The minimum absolute atomic E-state index is 0.0372. The highest BCUT2D eigenvalue weighted by Crippen LogP contribution is 2.53. The van der Waals surface area contributed by atoms with Crippen molar-refractivity contribution in [3.05, 3.63) is 80.0 Å². The number of aromatic nitrogens is 4. The number of likely N-dealkylation sites (tertiary alicyclic amines) is 1. The molecule has 264 valence electrons. The minimum Gasteiger partial charge on any atom is -0.473 e. The number of nitrogens with two attached hydrogens (primary N) is 1. The highest BCUT2D eigenvalue weighted by molar-refractivity contribution is 5.68. The quantitative estimate of drug-likeness (QED) is 0.271. The van der Waals surface area contributed by atoms with Crippen molar-refractivity contribution in [1.29, 1.82) is 5.26 Å². The Morgan fingerprint density at radius 1 is 1.08 bits per heavy atom. The fourth-order valence-electron chi connectivity index (χ4n) is 9.63. The molecule has 12 nitrogen and oxygen atoms in total. The van der Waals surface area contributed by atoms with Crippen LogP contribution in [0.1, 0.15) is 97.1 Å². The molecular weight excluding hydrogens is 644 g/mol. The summed E-state index contributed by atoms with van der Waals surface area (Å²) in [5.41, 5.74) is 12.5. The molecule has 5 aliphatic rings. The topological polar surface area (TPSA) is 149 Å². The lowest BCUT2D eigenvalue weighted by atomic mass is 9.61. The summed E-state index contributed by atoms with van der Waals surface area (Å²) < 4.78 is 20.4. The predicted molar refractivity (Wildman–Crippen MR) is 191 cm³/mol. The van der Waals surface area contributed by atoms with Crippen molar-refractivity contribution < 1.29 is 14.0 Å². The highest BCUT2D eigenvalue weighted by atomic mass is 16.5. The molecule has 1 spiro atoms. The summed E-state index contributed by atoms with van der Waals surface area (Å²) in [7, 11) is 2.15. The third-order valence-corrected chi connectivity index (χ3v) is 12.2. The van der Waals surface area contributed by atoms with Crippen LogP contribution in [0.2, 0.25) is 0 Å². The summed E-state index contributed by atoms with van der Waals surface area (Å²) in [6, 6.07) is 10.7. The number of pyridine rings is 1. The number of nitriles is 1. The van der Waals surface area contributed by atoms with Crippen LogP contribution in [0.3, 0.4) is 0 Å². The summed E-state index contributed by atoms with van der Waals surface area (Å²) in [6.07, 6.45) is 10.2. The van der Waals surface area contributed by atoms with E-state index in [1.807, 2.05) is 22.9 Å². The molecule has 0 bridgehead atoms. The van der Waals surface area contributed by atoms with E-state index in [0.29, 0.717) is 60.8 Å². The third-order valence-electron chi connectivity index (χ3n) is 12.2. The first-order chi connectivity index (χ1) is 24.8. The Kier molecular flexibility index (Phi) is 7.89. The van der Waals surface area contributed by atoms with Crippen molar-refractivity contribution in [3.8, 4) is 23.5 Å². The van der Waals surface area contributed by atoms with Gasteiger partial charge < -0.3 is 29.2 Å². The fraction of sp³-hybridized carbons (Fsp3) is 0.513. The highest BCUT2D eigenvalue weighted by Gasteiger charge is 2.48. The maximum absolute atomic E-state index is 13.7. The van der Waals surface area contributed by atoms with Gasteiger partial charge in [-0.2, -0.15) is 10.2 Å². The average Bonchev–Trinajstić information content (AvgIpc) is 3.96. The number of aryl methyl sites for hydroxylation is 1. The number of hydrogen-bond donors (Lipinski definition) is 1. The van der Waals surface area contributed by atoms with Gasteiger partial charge in [-0.3, -0.25) is 9.69 Å². The van der Waals surface area contributed by atoms with Gasteiger partial charge in [-0.1, -0.05) is 11.2 Å². The van der Waals surface area contributed by atoms with Gasteiger partial charge in [0.05, 0.1) is 30.2 Å². The van der Waals surface area contributed by atoms with Crippen LogP contribution in [0.4, 0.5) is 11.5 Å². The average molecular weight is 689 g/mol. The van der Waals surface area contributed by atoms with Crippen molar-refractivity contribution in [2.45, 2.75) is 101 Å². The summed E-state index contributed by atoms with van der Waals surface area (Å²) in [5.74, 6) is 2.40. The summed E-state index contributed by atoms with van der Waals surface area (Å²) in [5, 5.41) is 15.0. The van der Waals surface area contributed by atoms with Crippen molar-refractivity contribution in [2.75, 3.05) is 37.4 Å². The molecule has 9 rings (SSSR count). The Hall–Kier alpha value is -4.73. The second-order valence-electron chi connectivity index (χ2n) is 15.1. The van der Waals surface area contributed by atoms with Crippen LogP contribution in [0, 0.1) is 11.3 Å². The zero-order valence-electron chi connectivity index (χ0n) is 29.4. The number of ether oxygens (including phenoxy) is 2. The zero-order valence-corrected chi connectivity index (χ0v) is 29.4. The first kappa shape index (κ1) is 32.2. The fourth-order valence-corrected chi connectivity index (χ4v) is 9.63. The Labute approximate surface area is 297 Å². The first-order valence-corrected chi connectivity index (χ1v) is 18.5. The molecule has 12 heteroatoms. The molecule has 0 radical (unpaired) electrons. The molecule has 3 aromatic heterocycles. The van der Waals surface area contributed by atoms with Crippen LogP contribution in [0.5, 0.6) is 5.88 Å². The zero-order chi connectivity index (χ0) is 34.9. The molecule has 4 atom stereocenters. The molecular formula is C39H44N8O4. The number of hydrogen-bond acceptors (Lipinski definition) is 11. The molecule has 2 fully saturated rings. The molecule has 3 aliphatic heterocycles. The van der Waals surface area contributed by atoms with Gasteiger partial charge in [0.2, 0.25) is 5.88 Å². The van der Waals surface area contributed by atoms with Crippen molar-refractivity contribution in [3.63, 3.8) is 0 Å². The van der Waals surface area contributed by atoms with Crippen LogP contribution in [-0.4, -0.2) is 63.5 Å². The van der Waals surface area contributed by atoms with Gasteiger partial charge >= 0.3 is 0 Å². The Morgan fingerprint density at radius 3 is 2.73 bits per heavy atom. The van der Waals surface area contributed by atoms with Gasteiger partial charge in [-0.05, 0) is 107 Å². The van der Waals surface area contributed by atoms with Crippen LogP contribution in [0.15, 0.2) is 39.8 Å². The van der Waals surface area contributed by atoms with Crippen molar-refractivity contribution in [2.24, 2.45) is 0 Å². The Bertz CT molecular complexity index is 2110. The Balaban J connectivity index is 1.12. The summed E-state index contributed by atoms with van der Waals surface area (Å²) in [4.78, 5) is 28.3. The van der Waals surface area contributed by atoms with E-state index in [-0.39, 0.29) is 23.7 Å². The molecule has 0 saturated carbocycles. The molecule has 0 amide bonds. The van der Waals surface area contributed by atoms with Crippen molar-refractivity contribution >= 4 is 11.5 Å². The van der Waals surface area contributed by atoms with E-state index in [9.17, 15) is 10.1 Å². The Morgan fingerprint density at radius 2 is 1.94 bits per heavy atom. The van der Waals surface area contributed by atoms with Crippen LogP contribution in [-0.2, 0) is 36.1 Å². The number of rotatable bonds is 6. The van der Waals surface area contributed by atoms with E-state index in [1.54, 1.807) is 0 Å². The molecule has 4 unspecified atom stereocenters. The standard InChI is InChI=1S/C39H44N8O4/c1-23(31-8-5-15-45(31)2)50-33-18-32(46-20-25-11-16-47(26-12-17-49-22-26)38(48)29(25)21-46)42-37(43-33)35-27-7-4-14-39(36(27)51-44-35)13-3-6-24-9-10-30(41)28(19-40)34(24)39/h9-11,16,18,23,26,31H,3-8,12-15,17,20-22,41H2,1-2H3. The van der Waals surface area contributed by atoms with E-state index < -0.39 is 5.41 Å². The largest absolute Gasteiger partial charge is 0.473 e. The first-order valence-electron chi connectivity index (χ1n) is 18.5. The van der Waals surface area contributed by atoms with Gasteiger partial charge in [-0.15, -0.1) is 0 Å². The number of nitrogen functional groups attached to an aromatic ring is 1. The van der Waals surface area contributed by atoms with E-state index in [0.717, 1.165) is 97.9 Å². The van der Waals surface area contributed by atoms with Crippen molar-refractivity contribution in [1.82, 2.24) is 24.6 Å². The number of nitrogens with zero attached hydrogens (tertiary/aromatic N) is 7. The van der Waals surface area contributed by atoms with Crippen LogP contribution >= 0.6 is 0 Å². The third kappa shape index (κ3) is 5.23. The maximum Gasteiger partial charge on any atom is 0.256 e. The second kappa shape index (κ2) is 12.5. The second-order valence-corrected chi connectivity index (χ2v) is 15.1. The van der Waals surface area contributed by atoms with E-state index in [4.69, 9.17) is 34.9 Å². The van der Waals surface area contributed by atoms with Gasteiger partial charge in [0.25, 0.3) is 5.56 Å². The van der Waals surface area contributed by atoms with Gasteiger partial charge in [0.1, 0.15) is 18.0 Å². The SMILES string of the molecule is CC(Oc1cc(N2Cc3ccn(C4CCOC4)c(=O)c3C2)nc(-c2noc3c2CCCC32CCCc3ccc(N)c(C#N)c32)n1)C1CCCN1C. The molecule has 2 saturated heterocycles. The van der Waals surface area contributed by atoms with E-state index in [1.165, 1.54) is 0 Å². The number of likely N-dealkylation sites (N-methyl/N-ethyl adjacent to an activating group) is 1. The van der Waals surface area contributed by atoms with Gasteiger partial charge in [0, 0.05) is 48.3 Å². The molecule has 2 aliphatic carbocycles. The maximum atomic E-state index is 13.7. The van der Waals surface area contributed by atoms with Crippen LogP contribution < -0.4 is 20.9 Å². The summed E-state index contributed by atoms with van der Waals surface area (Å²) >= 11 is 0. The number of benzene rings is 1. The predicted octanol–water partition coefficient (Wildman–Crippen LogP) is 5.05. The normalized spacial score (nSPS) is 24.7. The lowest BCUT2D eigenvalue weighted by molar-refractivity contribution is 0.117. The molecule has 1 aromatic carbocycles. The summed E-state index contributed by atoms with van der Waals surface area (Å²) in [6.45, 7) is 5.38. The smallest absolute Gasteiger partial charge is 0.256 e. The number of fused-ring (bicyclic) bond motifs is 5. The minimum atomic E-state index is -0.480. The van der Waals surface area contributed by atoms with Crippen LogP contribution in [0.25, 0.3) is 11.5 Å². The van der Waals surface area contributed by atoms with Gasteiger partial charge in [0.15, 0.2) is 17.3 Å². The van der Waals surface area contributed by atoms with E-state index in [2.05, 4.69) is 42.0 Å². The lowest BCUT2D eigenvalue weighted by Gasteiger charge is -2.41. The van der Waals surface area contributed by atoms with Gasteiger partial charge in [-0.25, -0.2) is 4.98 Å². The number of anilines is 2. The molecule has 2 N–H and O–H groups in total. The molecule has 51 heavy (non-hydrogen) atoms. The monoisotopic (exact) mass is 688 g/mol. The molecule has 4 aromatic rings.